The fourth-order valence-corrected chi connectivity index (χ4v) is 3.14. The third-order valence-electron chi connectivity index (χ3n) is 4.18. The zero-order chi connectivity index (χ0) is 15.8. The molecule has 0 aliphatic heterocycles. The van der Waals surface area contributed by atoms with Crippen molar-refractivity contribution in [2.75, 3.05) is 6.54 Å². The van der Waals surface area contributed by atoms with Crippen molar-refractivity contribution in [1.82, 2.24) is 10.3 Å². The van der Waals surface area contributed by atoms with Gasteiger partial charge in [0.05, 0.1) is 0 Å². The fourth-order valence-electron chi connectivity index (χ4n) is 3.14. The van der Waals surface area contributed by atoms with Gasteiger partial charge in [0.25, 0.3) is 0 Å². The van der Waals surface area contributed by atoms with Crippen molar-refractivity contribution in [2.45, 2.75) is 79.7 Å². The van der Waals surface area contributed by atoms with E-state index >= 15 is 0 Å². The molecule has 0 amide bonds. The van der Waals surface area contributed by atoms with E-state index in [0.717, 1.165) is 18.2 Å². The second kappa shape index (κ2) is 9.19. The molecule has 0 aliphatic carbocycles. The molecule has 0 spiro atoms. The van der Waals surface area contributed by atoms with Crippen LogP contribution in [0.1, 0.15) is 81.4 Å². The summed E-state index contributed by atoms with van der Waals surface area (Å²) in [5.74, 6) is 0.850. The zero-order valence-electron chi connectivity index (χ0n) is 14.9. The summed E-state index contributed by atoms with van der Waals surface area (Å²) in [5, 5.41) is 3.66. The van der Waals surface area contributed by atoms with Crippen molar-refractivity contribution in [3.8, 4) is 0 Å². The summed E-state index contributed by atoms with van der Waals surface area (Å²) in [6, 6.07) is 2.58. The monoisotopic (exact) mass is 290 g/mol. The molecule has 1 aromatic rings. The maximum absolute atomic E-state index is 4.60. The van der Waals surface area contributed by atoms with Crippen molar-refractivity contribution in [3.05, 3.63) is 28.6 Å². The van der Waals surface area contributed by atoms with Crippen LogP contribution in [0.3, 0.4) is 0 Å². The summed E-state index contributed by atoms with van der Waals surface area (Å²) in [7, 11) is 0. The van der Waals surface area contributed by atoms with Crippen LogP contribution in [0.2, 0.25) is 0 Å². The van der Waals surface area contributed by atoms with Crippen molar-refractivity contribution in [1.29, 1.82) is 0 Å². The molecule has 1 N–H and O–H groups in total. The Hall–Kier alpha value is -0.890. The SMILES string of the molecule is Cc1cc(C)c(C(C)NCCCCCCC(C)C)c(C)n1. The lowest BCUT2D eigenvalue weighted by Crippen LogP contribution is -2.22. The number of hydrogen-bond donors (Lipinski definition) is 1. The Morgan fingerprint density at radius 1 is 1.00 bits per heavy atom. The standard InChI is InChI=1S/C19H34N2/c1-14(2)11-9-7-8-10-12-20-17(5)19-15(3)13-16(4)21-18(19)6/h13-14,17,20H,7-12H2,1-6H3. The average Bonchev–Trinajstić information content (AvgIpc) is 2.35. The number of unbranched alkanes of at least 4 members (excludes halogenated alkanes) is 3. The van der Waals surface area contributed by atoms with Crippen LogP contribution in [0, 0.1) is 26.7 Å². The highest BCUT2D eigenvalue weighted by Gasteiger charge is 2.12. The number of hydrogen-bond acceptors (Lipinski definition) is 2. The van der Waals surface area contributed by atoms with E-state index in [1.165, 1.54) is 48.9 Å². The largest absolute Gasteiger partial charge is 0.310 e. The minimum Gasteiger partial charge on any atom is -0.310 e. The summed E-state index contributed by atoms with van der Waals surface area (Å²) < 4.78 is 0. The summed E-state index contributed by atoms with van der Waals surface area (Å²) >= 11 is 0. The third kappa shape index (κ3) is 6.60. The molecule has 1 heterocycles. The molecule has 0 radical (unpaired) electrons. The Balaban J connectivity index is 2.30. The molecule has 2 nitrogen and oxygen atoms in total. The van der Waals surface area contributed by atoms with Gasteiger partial charge in [-0.1, -0.05) is 39.5 Å². The minimum absolute atomic E-state index is 0.397. The maximum Gasteiger partial charge on any atom is 0.0426 e. The van der Waals surface area contributed by atoms with Gasteiger partial charge in [0.15, 0.2) is 0 Å². The van der Waals surface area contributed by atoms with E-state index in [9.17, 15) is 0 Å². The minimum atomic E-state index is 0.397. The van der Waals surface area contributed by atoms with Gasteiger partial charge >= 0.3 is 0 Å². The lowest BCUT2D eigenvalue weighted by atomic mass is 10.00. The van der Waals surface area contributed by atoms with E-state index in [4.69, 9.17) is 0 Å². The predicted molar refractivity (Wildman–Crippen MR) is 92.8 cm³/mol. The second-order valence-corrected chi connectivity index (χ2v) is 6.85. The van der Waals surface area contributed by atoms with Gasteiger partial charge in [-0.15, -0.1) is 0 Å². The van der Waals surface area contributed by atoms with Gasteiger partial charge in [-0.25, -0.2) is 0 Å². The van der Waals surface area contributed by atoms with Crippen LogP contribution in [0.5, 0.6) is 0 Å². The lowest BCUT2D eigenvalue weighted by Gasteiger charge is -2.19. The first-order valence-electron chi connectivity index (χ1n) is 8.60. The summed E-state index contributed by atoms with van der Waals surface area (Å²) in [4.78, 5) is 4.60. The van der Waals surface area contributed by atoms with Gasteiger partial charge in [0, 0.05) is 17.4 Å². The van der Waals surface area contributed by atoms with E-state index < -0.39 is 0 Å². The molecule has 2 heteroatoms. The van der Waals surface area contributed by atoms with E-state index in [-0.39, 0.29) is 0 Å². The van der Waals surface area contributed by atoms with Gasteiger partial charge < -0.3 is 5.32 Å². The van der Waals surface area contributed by atoms with E-state index in [0.29, 0.717) is 6.04 Å². The molecule has 0 aromatic carbocycles. The normalized spacial score (nSPS) is 12.9. The Bertz CT molecular complexity index is 401. The molecule has 1 atom stereocenters. The summed E-state index contributed by atoms with van der Waals surface area (Å²) in [6.07, 6.45) is 6.75. The highest BCUT2D eigenvalue weighted by Crippen LogP contribution is 2.21. The molecule has 0 bridgehead atoms. The molecule has 1 aromatic heterocycles. The Morgan fingerprint density at radius 3 is 2.29 bits per heavy atom. The van der Waals surface area contributed by atoms with Gasteiger partial charge in [-0.2, -0.15) is 0 Å². The fraction of sp³-hybridized carbons (Fsp3) is 0.737. The average molecular weight is 290 g/mol. The molecular formula is C19H34N2. The third-order valence-corrected chi connectivity index (χ3v) is 4.18. The summed E-state index contributed by atoms with van der Waals surface area (Å²) in [6.45, 7) is 14.4. The first-order valence-corrected chi connectivity index (χ1v) is 8.60. The number of nitrogens with one attached hydrogen (secondary N) is 1. The molecule has 21 heavy (non-hydrogen) atoms. The number of aromatic nitrogens is 1. The Labute approximate surface area is 131 Å². The molecule has 0 fully saturated rings. The number of nitrogens with zero attached hydrogens (tertiary/aromatic N) is 1. The Kier molecular flexibility index (Phi) is 7.95. The predicted octanol–water partition coefficient (Wildman–Crippen LogP) is 5.26. The molecule has 0 saturated carbocycles. The number of aryl methyl sites for hydroxylation is 3. The molecular weight excluding hydrogens is 256 g/mol. The van der Waals surface area contributed by atoms with Crippen LogP contribution >= 0.6 is 0 Å². The van der Waals surface area contributed by atoms with E-state index in [2.05, 4.69) is 57.9 Å². The second-order valence-electron chi connectivity index (χ2n) is 6.85. The van der Waals surface area contributed by atoms with Crippen molar-refractivity contribution in [3.63, 3.8) is 0 Å². The lowest BCUT2D eigenvalue weighted by molar-refractivity contribution is 0.497. The first kappa shape index (κ1) is 18.2. The van der Waals surface area contributed by atoms with Gasteiger partial charge in [0.1, 0.15) is 0 Å². The molecule has 0 saturated heterocycles. The molecule has 1 rings (SSSR count). The highest BCUT2D eigenvalue weighted by molar-refractivity contribution is 5.33. The van der Waals surface area contributed by atoms with Crippen LogP contribution in [0.15, 0.2) is 6.07 Å². The quantitative estimate of drug-likeness (QED) is 0.627. The molecule has 0 aliphatic rings. The summed E-state index contributed by atoms with van der Waals surface area (Å²) in [5.41, 5.74) is 5.02. The first-order chi connectivity index (χ1) is 9.91. The highest BCUT2D eigenvalue weighted by atomic mass is 14.9. The number of pyridine rings is 1. The van der Waals surface area contributed by atoms with Gasteiger partial charge in [-0.05, 0) is 63.8 Å². The maximum atomic E-state index is 4.60. The zero-order valence-corrected chi connectivity index (χ0v) is 14.9. The van der Waals surface area contributed by atoms with Crippen LogP contribution in [0.4, 0.5) is 0 Å². The molecule has 1 unspecified atom stereocenters. The van der Waals surface area contributed by atoms with Crippen molar-refractivity contribution < 1.29 is 0 Å². The topological polar surface area (TPSA) is 24.9 Å². The van der Waals surface area contributed by atoms with Crippen LogP contribution < -0.4 is 5.32 Å². The van der Waals surface area contributed by atoms with Crippen molar-refractivity contribution >= 4 is 0 Å². The van der Waals surface area contributed by atoms with E-state index in [1.807, 2.05) is 0 Å². The molecule has 120 valence electrons. The van der Waals surface area contributed by atoms with Crippen LogP contribution in [-0.2, 0) is 0 Å². The Morgan fingerprint density at radius 2 is 1.67 bits per heavy atom. The van der Waals surface area contributed by atoms with Crippen LogP contribution in [-0.4, -0.2) is 11.5 Å². The van der Waals surface area contributed by atoms with Crippen molar-refractivity contribution in [2.24, 2.45) is 5.92 Å². The smallest absolute Gasteiger partial charge is 0.0426 e. The van der Waals surface area contributed by atoms with E-state index in [1.54, 1.807) is 0 Å². The van der Waals surface area contributed by atoms with Crippen LogP contribution in [0.25, 0.3) is 0 Å². The number of rotatable bonds is 9. The van der Waals surface area contributed by atoms with Gasteiger partial charge in [-0.3, -0.25) is 4.98 Å². The van der Waals surface area contributed by atoms with Gasteiger partial charge in [0.2, 0.25) is 0 Å².